The van der Waals surface area contributed by atoms with Gasteiger partial charge in [-0.3, -0.25) is 0 Å². The SMILES string of the molecule is CC(C)(C)c1ccc(N2c3ccc(C(C)(C)C)cc3B3c4cc(C(C)(C)C)ccc4CC(c4ccccc4-c4cccc5c4oc4c(C(C)(C)C)cccc45)CCc4cc(-c5cccc(C(C)(C)C)c5)cc2c43)cc1. The third kappa shape index (κ3) is 9.17. The minimum atomic E-state index is -0.0590. The van der Waals surface area contributed by atoms with Gasteiger partial charge in [-0.25, -0.2) is 0 Å². The van der Waals surface area contributed by atoms with Crippen molar-refractivity contribution in [3.8, 4) is 22.3 Å². The van der Waals surface area contributed by atoms with Crippen LogP contribution in [0.2, 0.25) is 0 Å². The van der Waals surface area contributed by atoms with Crippen LogP contribution in [0.4, 0.5) is 17.1 Å². The van der Waals surface area contributed by atoms with Crippen molar-refractivity contribution in [2.45, 2.75) is 156 Å². The van der Waals surface area contributed by atoms with E-state index >= 15 is 0 Å². The predicted molar refractivity (Wildman–Crippen MR) is 325 cm³/mol. The highest BCUT2D eigenvalue weighted by Crippen LogP contribution is 2.46. The van der Waals surface area contributed by atoms with Gasteiger partial charge in [0.05, 0.1) is 0 Å². The fraction of sp³-hybridized carbons (Fsp3) is 0.333. The van der Waals surface area contributed by atoms with Crippen molar-refractivity contribution in [1.82, 2.24) is 0 Å². The number of rotatable bonds is 4. The summed E-state index contributed by atoms with van der Waals surface area (Å²) in [5.41, 5.74) is 25.7. The van der Waals surface area contributed by atoms with Crippen LogP contribution in [0.15, 0.2) is 162 Å². The fourth-order valence-electron chi connectivity index (χ4n) is 12.4. The summed E-state index contributed by atoms with van der Waals surface area (Å²) in [7, 11) is 0. The van der Waals surface area contributed by atoms with E-state index in [9.17, 15) is 0 Å². The molecule has 0 radical (unpaired) electrons. The quantitative estimate of drug-likeness (QED) is 0.163. The first kappa shape index (κ1) is 50.6. The number of hydrogen-bond acceptors (Lipinski definition) is 2. The van der Waals surface area contributed by atoms with Gasteiger partial charge in [-0.05, 0) is 132 Å². The van der Waals surface area contributed by atoms with Crippen LogP contribution in [0, 0.1) is 0 Å². The molecule has 1 aromatic heterocycles. The monoisotopic (exact) mass is 984 g/mol. The van der Waals surface area contributed by atoms with Crippen LogP contribution in [0.25, 0.3) is 44.2 Å². The average Bonchev–Trinajstić information content (AvgIpc) is 3.79. The van der Waals surface area contributed by atoms with Crippen LogP contribution in [-0.2, 0) is 39.9 Å². The zero-order chi connectivity index (χ0) is 53.1. The number of benzene rings is 8. The Kier molecular flexibility index (Phi) is 12.2. The highest BCUT2D eigenvalue weighted by molar-refractivity contribution is 6.98. The zero-order valence-corrected chi connectivity index (χ0v) is 47.6. The van der Waals surface area contributed by atoms with Crippen molar-refractivity contribution in [2.24, 2.45) is 0 Å². The topological polar surface area (TPSA) is 16.4 Å². The van der Waals surface area contributed by atoms with Crippen LogP contribution in [-0.4, -0.2) is 6.71 Å². The van der Waals surface area contributed by atoms with E-state index in [0.29, 0.717) is 0 Å². The Morgan fingerprint density at radius 2 is 1.03 bits per heavy atom. The van der Waals surface area contributed by atoms with Gasteiger partial charge in [0.15, 0.2) is 0 Å². The lowest BCUT2D eigenvalue weighted by atomic mass is 9.33. The molecule has 1 unspecified atom stereocenters. The van der Waals surface area contributed by atoms with Gasteiger partial charge in [0.2, 0.25) is 6.71 Å². The van der Waals surface area contributed by atoms with Crippen molar-refractivity contribution in [3.63, 3.8) is 0 Å². The number of aryl methyl sites for hydroxylation is 1. The Balaban J connectivity index is 1.19. The molecule has 3 heterocycles. The standard InChI is InChI=1S/C72H78BNO/c1-68(2,3)50-33-36-54(37-34-50)74-63-38-35-53(71(10,11)12)44-62(63)73-61-43-52(70(7,8)9)32-31-47(61)39-46(29-30-48-40-49(42-64(74)65(48)73)45-21-18-22-51(41-45)69(4,5)6)55-23-16-17-24-56(55)57-25-19-26-58-59-27-20-28-60(72(13,14)15)67(59)75-66(57)58/h16-28,31-38,40-44,46H,29-30,39H2,1-15H3. The highest BCUT2D eigenvalue weighted by Gasteiger charge is 2.41. The van der Waals surface area contributed by atoms with E-state index in [1.54, 1.807) is 0 Å². The van der Waals surface area contributed by atoms with Crippen LogP contribution in [0.5, 0.6) is 0 Å². The Bertz CT molecular complexity index is 3660. The van der Waals surface area contributed by atoms with Gasteiger partial charge >= 0.3 is 0 Å². The van der Waals surface area contributed by atoms with Gasteiger partial charge < -0.3 is 9.32 Å². The average molecular weight is 984 g/mol. The second-order valence-corrected chi connectivity index (χ2v) is 27.4. The van der Waals surface area contributed by atoms with Crippen molar-refractivity contribution in [1.29, 1.82) is 0 Å². The molecule has 3 heteroatoms. The number of anilines is 3. The summed E-state index contributed by atoms with van der Waals surface area (Å²) >= 11 is 0. The zero-order valence-electron chi connectivity index (χ0n) is 47.6. The second-order valence-electron chi connectivity index (χ2n) is 27.4. The highest BCUT2D eigenvalue weighted by atomic mass is 16.3. The molecule has 0 saturated heterocycles. The maximum absolute atomic E-state index is 7.12. The molecule has 11 rings (SSSR count). The molecule has 0 bridgehead atoms. The molecule has 0 aliphatic carbocycles. The van der Waals surface area contributed by atoms with E-state index in [2.05, 4.69) is 266 Å². The summed E-state index contributed by atoms with van der Waals surface area (Å²) < 4.78 is 7.12. The van der Waals surface area contributed by atoms with Crippen LogP contribution >= 0.6 is 0 Å². The maximum atomic E-state index is 7.12. The lowest BCUT2D eigenvalue weighted by molar-refractivity contribution is 0.573. The third-order valence-corrected chi connectivity index (χ3v) is 16.8. The third-order valence-electron chi connectivity index (χ3n) is 16.8. The normalized spacial score (nSPS) is 15.3. The number of furan rings is 1. The molecule has 75 heavy (non-hydrogen) atoms. The summed E-state index contributed by atoms with van der Waals surface area (Å²) in [6, 6.07) is 61.7. The Labute approximate surface area is 449 Å². The minimum Gasteiger partial charge on any atom is -0.455 e. The van der Waals surface area contributed by atoms with E-state index in [4.69, 9.17) is 4.42 Å². The van der Waals surface area contributed by atoms with Crippen LogP contribution in [0.1, 0.15) is 161 Å². The molecule has 1 atom stereocenters. The molecule has 380 valence electrons. The summed E-state index contributed by atoms with van der Waals surface area (Å²) in [6.07, 6.45) is 2.84. The fourth-order valence-corrected chi connectivity index (χ4v) is 12.4. The van der Waals surface area contributed by atoms with E-state index < -0.39 is 0 Å². The number of nitrogens with zero attached hydrogens (tertiary/aromatic N) is 1. The second kappa shape index (κ2) is 18.0. The van der Waals surface area contributed by atoms with E-state index in [-0.39, 0.29) is 39.7 Å². The lowest BCUT2D eigenvalue weighted by Gasteiger charge is -2.40. The molecule has 0 amide bonds. The molecule has 0 spiro atoms. The molecule has 8 aromatic carbocycles. The molecule has 2 nitrogen and oxygen atoms in total. The van der Waals surface area contributed by atoms with Crippen molar-refractivity contribution < 1.29 is 4.42 Å². The molecule has 2 aliphatic heterocycles. The molecular weight excluding hydrogens is 906 g/mol. The molecule has 2 aliphatic rings. The first-order chi connectivity index (χ1) is 35.3. The number of fused-ring (bicyclic) bond motifs is 7. The van der Waals surface area contributed by atoms with Gasteiger partial charge in [-0.1, -0.05) is 254 Å². The Morgan fingerprint density at radius 1 is 0.440 bits per heavy atom. The molecule has 0 saturated carbocycles. The smallest absolute Gasteiger partial charge is 0.247 e. The Morgan fingerprint density at radius 3 is 1.71 bits per heavy atom. The summed E-state index contributed by atoms with van der Waals surface area (Å²) in [6.45, 7) is 35.0. The maximum Gasteiger partial charge on any atom is 0.247 e. The van der Waals surface area contributed by atoms with Gasteiger partial charge in [0, 0.05) is 39.0 Å². The summed E-state index contributed by atoms with van der Waals surface area (Å²) in [5, 5.41) is 2.36. The van der Waals surface area contributed by atoms with Crippen molar-refractivity contribution in [3.05, 3.63) is 202 Å². The van der Waals surface area contributed by atoms with Crippen molar-refractivity contribution >= 4 is 62.1 Å². The minimum absolute atomic E-state index is 0.0120. The lowest BCUT2D eigenvalue weighted by Crippen LogP contribution is -2.59. The van der Waals surface area contributed by atoms with Gasteiger partial charge in [-0.15, -0.1) is 0 Å². The largest absolute Gasteiger partial charge is 0.455 e. The van der Waals surface area contributed by atoms with E-state index in [0.717, 1.165) is 30.4 Å². The molecular formula is C72H78BNO. The first-order valence-electron chi connectivity index (χ1n) is 27.8. The van der Waals surface area contributed by atoms with Gasteiger partial charge in [-0.2, -0.15) is 0 Å². The van der Waals surface area contributed by atoms with Gasteiger partial charge in [0.1, 0.15) is 11.2 Å². The molecule has 0 fully saturated rings. The molecule has 9 aromatic rings. The number of hydrogen-bond donors (Lipinski definition) is 0. The summed E-state index contributed by atoms with van der Waals surface area (Å²) in [5.74, 6) is 0.218. The van der Waals surface area contributed by atoms with E-state index in [1.807, 2.05) is 0 Å². The van der Waals surface area contributed by atoms with Crippen LogP contribution < -0.4 is 21.3 Å². The van der Waals surface area contributed by atoms with E-state index in [1.165, 1.54) is 111 Å². The summed E-state index contributed by atoms with van der Waals surface area (Å²) in [4.78, 5) is 2.62. The first-order valence-corrected chi connectivity index (χ1v) is 27.8. The number of para-hydroxylation sites is 2. The van der Waals surface area contributed by atoms with Crippen molar-refractivity contribution in [2.75, 3.05) is 4.90 Å². The Hall–Kier alpha value is -6.58. The van der Waals surface area contributed by atoms with Gasteiger partial charge in [0.25, 0.3) is 0 Å². The predicted octanol–water partition coefficient (Wildman–Crippen LogP) is 18.0. The molecule has 0 N–H and O–H groups in total. The van der Waals surface area contributed by atoms with Crippen LogP contribution in [0.3, 0.4) is 0 Å².